The highest BCUT2D eigenvalue weighted by Crippen LogP contribution is 2.40. The highest BCUT2D eigenvalue weighted by Gasteiger charge is 2.54. The second-order valence-corrected chi connectivity index (χ2v) is 5.95. The van der Waals surface area contributed by atoms with Crippen molar-refractivity contribution in [2.45, 2.75) is 38.1 Å². The Morgan fingerprint density at radius 3 is 2.68 bits per heavy atom. The van der Waals surface area contributed by atoms with Crippen molar-refractivity contribution in [1.82, 2.24) is 0 Å². The molecule has 4 atom stereocenters. The summed E-state index contributed by atoms with van der Waals surface area (Å²) in [7, 11) is 0. The molecule has 1 aromatic rings. The van der Waals surface area contributed by atoms with E-state index in [1.54, 1.807) is 38.1 Å². The summed E-state index contributed by atoms with van der Waals surface area (Å²) in [5.74, 6) is -1.43. The summed E-state index contributed by atoms with van der Waals surface area (Å²) in [5, 5.41) is 9.58. The number of aliphatic hydroxyl groups is 1. The second kappa shape index (κ2) is 5.96. The molecule has 0 aromatic heterocycles. The first kappa shape index (κ1) is 15.4. The van der Waals surface area contributed by atoms with Gasteiger partial charge in [0.05, 0.1) is 12.2 Å². The number of benzene rings is 1. The number of carbonyl (C=O) groups is 1. The monoisotopic (exact) mass is 308 g/mol. The third kappa shape index (κ3) is 3.01. The maximum absolute atomic E-state index is 11.9. The van der Waals surface area contributed by atoms with Gasteiger partial charge < -0.3 is 24.1 Å². The van der Waals surface area contributed by atoms with Crippen molar-refractivity contribution >= 4 is 5.97 Å². The van der Waals surface area contributed by atoms with Crippen LogP contribution in [0.1, 0.15) is 24.2 Å². The predicted molar refractivity (Wildman–Crippen MR) is 76.0 cm³/mol. The van der Waals surface area contributed by atoms with Crippen molar-refractivity contribution in [3.05, 3.63) is 35.9 Å². The van der Waals surface area contributed by atoms with E-state index in [2.05, 4.69) is 0 Å². The molecule has 6 heteroatoms. The van der Waals surface area contributed by atoms with E-state index < -0.39 is 24.2 Å². The molecule has 3 rings (SSSR count). The van der Waals surface area contributed by atoms with Crippen LogP contribution in [0.5, 0.6) is 0 Å². The molecular weight excluding hydrogens is 288 g/mol. The third-order valence-electron chi connectivity index (χ3n) is 3.90. The molecule has 1 N–H and O–H groups in total. The number of esters is 1. The van der Waals surface area contributed by atoms with Crippen LogP contribution in [0.15, 0.2) is 30.3 Å². The van der Waals surface area contributed by atoms with Gasteiger partial charge in [-0.25, -0.2) is 4.79 Å². The van der Waals surface area contributed by atoms with Gasteiger partial charge in [-0.05, 0) is 26.0 Å². The maximum Gasteiger partial charge on any atom is 0.338 e. The van der Waals surface area contributed by atoms with Gasteiger partial charge in [0, 0.05) is 5.92 Å². The van der Waals surface area contributed by atoms with Gasteiger partial charge in [0.15, 0.2) is 12.1 Å². The van der Waals surface area contributed by atoms with Crippen LogP contribution in [0.3, 0.4) is 0 Å². The van der Waals surface area contributed by atoms with Crippen molar-refractivity contribution in [3.8, 4) is 0 Å². The van der Waals surface area contributed by atoms with Crippen LogP contribution in [0.4, 0.5) is 0 Å². The second-order valence-electron chi connectivity index (χ2n) is 5.95. The van der Waals surface area contributed by atoms with E-state index in [9.17, 15) is 9.90 Å². The lowest BCUT2D eigenvalue weighted by atomic mass is 10.00. The Morgan fingerprint density at radius 2 is 2.00 bits per heavy atom. The van der Waals surface area contributed by atoms with Gasteiger partial charge in [0.1, 0.15) is 18.8 Å². The molecule has 1 aromatic carbocycles. The molecule has 2 heterocycles. The number of carbonyl (C=O) groups excluding carboxylic acids is 1. The predicted octanol–water partition coefficient (Wildman–Crippen LogP) is 1.33. The molecule has 0 bridgehead atoms. The van der Waals surface area contributed by atoms with Crippen LogP contribution in [0.2, 0.25) is 0 Å². The SMILES string of the molecule is CC1(C)O[C@H]2O[C@H](COC(=O)c3ccccc3)[C@@H](CO)[C@H]2O1. The molecule has 22 heavy (non-hydrogen) atoms. The van der Waals surface area contributed by atoms with Crippen molar-refractivity contribution in [3.63, 3.8) is 0 Å². The lowest BCUT2D eigenvalue weighted by molar-refractivity contribution is -0.214. The molecule has 0 saturated carbocycles. The fourth-order valence-corrected chi connectivity index (χ4v) is 2.84. The Labute approximate surface area is 128 Å². The first-order valence-electron chi connectivity index (χ1n) is 7.34. The number of fused-ring (bicyclic) bond motifs is 1. The number of rotatable bonds is 4. The highest BCUT2D eigenvalue weighted by atomic mass is 16.8. The van der Waals surface area contributed by atoms with E-state index in [1.165, 1.54) is 0 Å². The van der Waals surface area contributed by atoms with Crippen LogP contribution in [-0.4, -0.2) is 48.6 Å². The fraction of sp³-hybridized carbons (Fsp3) is 0.562. The Hall–Kier alpha value is -1.47. The molecule has 0 aliphatic carbocycles. The lowest BCUT2D eigenvalue weighted by Gasteiger charge is -2.24. The van der Waals surface area contributed by atoms with Crippen LogP contribution >= 0.6 is 0 Å². The minimum absolute atomic E-state index is 0.0547. The van der Waals surface area contributed by atoms with Crippen molar-refractivity contribution < 1.29 is 28.8 Å². The van der Waals surface area contributed by atoms with Crippen LogP contribution < -0.4 is 0 Å². The number of hydrogen-bond acceptors (Lipinski definition) is 6. The summed E-state index contributed by atoms with van der Waals surface area (Å²) in [6.45, 7) is 3.54. The van der Waals surface area contributed by atoms with E-state index >= 15 is 0 Å². The van der Waals surface area contributed by atoms with Gasteiger partial charge in [0.25, 0.3) is 0 Å². The smallest absolute Gasteiger partial charge is 0.338 e. The maximum atomic E-state index is 11.9. The van der Waals surface area contributed by atoms with Crippen LogP contribution in [0.25, 0.3) is 0 Å². The number of aliphatic hydroxyl groups excluding tert-OH is 1. The zero-order valence-corrected chi connectivity index (χ0v) is 12.6. The molecule has 2 fully saturated rings. The number of hydrogen-bond donors (Lipinski definition) is 1. The first-order valence-corrected chi connectivity index (χ1v) is 7.34. The van der Waals surface area contributed by atoms with E-state index in [0.717, 1.165) is 0 Å². The molecular formula is C16H20O6. The van der Waals surface area contributed by atoms with Crippen LogP contribution in [-0.2, 0) is 18.9 Å². The summed E-state index contributed by atoms with van der Waals surface area (Å²) < 4.78 is 22.4. The van der Waals surface area contributed by atoms with E-state index in [0.29, 0.717) is 5.56 Å². The Kier molecular flexibility index (Phi) is 4.18. The highest BCUT2D eigenvalue weighted by molar-refractivity contribution is 5.89. The average molecular weight is 308 g/mol. The zero-order valence-electron chi connectivity index (χ0n) is 12.6. The Balaban J connectivity index is 1.59. The number of ether oxygens (including phenoxy) is 4. The molecule has 0 spiro atoms. The molecule has 6 nitrogen and oxygen atoms in total. The largest absolute Gasteiger partial charge is 0.459 e. The van der Waals surface area contributed by atoms with Gasteiger partial charge in [0.2, 0.25) is 0 Å². The van der Waals surface area contributed by atoms with E-state index in [4.69, 9.17) is 18.9 Å². The zero-order chi connectivity index (χ0) is 15.7. The Morgan fingerprint density at radius 1 is 1.27 bits per heavy atom. The quantitative estimate of drug-likeness (QED) is 0.846. The van der Waals surface area contributed by atoms with Gasteiger partial charge in [-0.3, -0.25) is 0 Å². The molecule has 0 unspecified atom stereocenters. The van der Waals surface area contributed by atoms with Crippen molar-refractivity contribution in [2.24, 2.45) is 5.92 Å². The summed E-state index contributed by atoms with van der Waals surface area (Å²) >= 11 is 0. The van der Waals surface area contributed by atoms with Gasteiger partial charge in [-0.15, -0.1) is 0 Å². The molecule has 120 valence electrons. The first-order chi connectivity index (χ1) is 10.5. The molecule has 2 aliphatic rings. The molecule has 2 aliphatic heterocycles. The Bertz CT molecular complexity index is 529. The van der Waals surface area contributed by atoms with Gasteiger partial charge in [-0.2, -0.15) is 0 Å². The van der Waals surface area contributed by atoms with Gasteiger partial charge in [-0.1, -0.05) is 18.2 Å². The van der Waals surface area contributed by atoms with E-state index in [1.807, 2.05) is 6.07 Å². The minimum atomic E-state index is -0.728. The topological polar surface area (TPSA) is 74.2 Å². The minimum Gasteiger partial charge on any atom is -0.459 e. The third-order valence-corrected chi connectivity index (χ3v) is 3.90. The lowest BCUT2D eigenvalue weighted by Crippen LogP contribution is -2.35. The summed E-state index contributed by atoms with van der Waals surface area (Å²) in [5.41, 5.74) is 0.481. The fourth-order valence-electron chi connectivity index (χ4n) is 2.84. The summed E-state index contributed by atoms with van der Waals surface area (Å²) in [4.78, 5) is 11.9. The molecule has 2 saturated heterocycles. The normalized spacial score (nSPS) is 32.7. The van der Waals surface area contributed by atoms with Crippen molar-refractivity contribution in [2.75, 3.05) is 13.2 Å². The standard InChI is InChI=1S/C16H20O6/c1-16(2)21-13-11(8-17)12(20-15(13)22-16)9-19-14(18)10-6-4-3-5-7-10/h3-7,11-13,15,17H,8-9H2,1-2H3/t11-,12-,13-,15-/m1/s1. The summed E-state index contributed by atoms with van der Waals surface area (Å²) in [6.07, 6.45) is -1.32. The average Bonchev–Trinajstić information content (AvgIpc) is 2.96. The van der Waals surface area contributed by atoms with Crippen LogP contribution in [0, 0.1) is 5.92 Å². The molecule has 0 amide bonds. The molecule has 0 radical (unpaired) electrons. The van der Waals surface area contributed by atoms with Crippen molar-refractivity contribution in [1.29, 1.82) is 0 Å². The van der Waals surface area contributed by atoms with Gasteiger partial charge >= 0.3 is 5.97 Å². The summed E-state index contributed by atoms with van der Waals surface area (Å²) in [6, 6.07) is 8.74. The van der Waals surface area contributed by atoms with E-state index in [-0.39, 0.29) is 25.2 Å².